The van der Waals surface area contributed by atoms with E-state index in [0.717, 1.165) is 4.90 Å². The number of ether oxygens (including phenoxy) is 2. The van der Waals surface area contributed by atoms with Gasteiger partial charge in [-0.05, 0) is 34.7 Å². The first-order chi connectivity index (χ1) is 15.0. The van der Waals surface area contributed by atoms with Gasteiger partial charge in [-0.25, -0.2) is 0 Å². The maximum absolute atomic E-state index is 12.5. The van der Waals surface area contributed by atoms with Crippen molar-refractivity contribution >= 4 is 41.0 Å². The molecule has 0 aliphatic rings. The predicted octanol–water partition coefficient (Wildman–Crippen LogP) is 1.99. The molecule has 0 unspecified atom stereocenters. The number of aromatic nitrogens is 4. The zero-order valence-electron chi connectivity index (χ0n) is 16.8. The fourth-order valence-corrected chi connectivity index (χ4v) is 3.97. The lowest BCUT2D eigenvalue weighted by atomic mass is 10.3. The van der Waals surface area contributed by atoms with E-state index < -0.39 is 5.91 Å². The van der Waals surface area contributed by atoms with Crippen molar-refractivity contribution in [3.8, 4) is 17.2 Å². The number of rotatable bonds is 10. The number of methoxy groups -OCH3 is 2. The Labute approximate surface area is 186 Å². The quantitative estimate of drug-likeness (QED) is 0.436. The van der Waals surface area contributed by atoms with Crippen LogP contribution in [0.4, 0.5) is 5.69 Å². The van der Waals surface area contributed by atoms with Gasteiger partial charge in [-0.3, -0.25) is 9.59 Å². The van der Waals surface area contributed by atoms with Crippen LogP contribution in [0.5, 0.6) is 11.5 Å². The largest absolute Gasteiger partial charge is 0.497 e. The zero-order valence-corrected chi connectivity index (χ0v) is 18.4. The van der Waals surface area contributed by atoms with E-state index in [0.29, 0.717) is 28.0 Å². The summed E-state index contributed by atoms with van der Waals surface area (Å²) in [6, 6.07) is 12.4. The molecular weight excluding hydrogens is 440 g/mol. The second kappa shape index (κ2) is 10.7. The van der Waals surface area contributed by atoms with E-state index in [1.807, 2.05) is 12.1 Å². The minimum absolute atomic E-state index is 0.0709. The smallest absolute Gasteiger partial charge is 0.234 e. The molecule has 2 amide bonds. The summed E-state index contributed by atoms with van der Waals surface area (Å²) in [7, 11) is 3.11. The van der Waals surface area contributed by atoms with Crippen molar-refractivity contribution in [3.63, 3.8) is 0 Å². The minimum Gasteiger partial charge on any atom is -0.497 e. The summed E-state index contributed by atoms with van der Waals surface area (Å²) in [5.41, 5.74) is 6.40. The van der Waals surface area contributed by atoms with Gasteiger partial charge in [0.25, 0.3) is 0 Å². The van der Waals surface area contributed by atoms with E-state index in [2.05, 4.69) is 20.8 Å². The number of nitrogens with two attached hydrogens (primary N) is 1. The Bertz CT molecular complexity index is 1080. The number of carbonyl (C=O) groups excluding carboxylic acids is 2. The minimum atomic E-state index is -0.429. The first kappa shape index (κ1) is 22.4. The van der Waals surface area contributed by atoms with E-state index in [-0.39, 0.29) is 17.4 Å². The molecule has 1 heterocycles. The summed E-state index contributed by atoms with van der Waals surface area (Å²) >= 11 is 2.43. The van der Waals surface area contributed by atoms with Gasteiger partial charge in [0.05, 0.1) is 31.4 Å². The van der Waals surface area contributed by atoms with Crippen molar-refractivity contribution in [3.05, 3.63) is 42.5 Å². The number of hydrogen-bond acceptors (Lipinski definition) is 9. The van der Waals surface area contributed by atoms with Crippen molar-refractivity contribution in [1.29, 1.82) is 0 Å². The van der Waals surface area contributed by atoms with Gasteiger partial charge in [0.1, 0.15) is 17.2 Å². The Kier molecular flexibility index (Phi) is 7.73. The Morgan fingerprint density at radius 2 is 1.90 bits per heavy atom. The Hall–Kier alpha value is -3.25. The van der Waals surface area contributed by atoms with Crippen LogP contribution in [-0.4, -0.2) is 57.7 Å². The van der Waals surface area contributed by atoms with Crippen LogP contribution in [0, 0.1) is 0 Å². The van der Waals surface area contributed by atoms with Crippen LogP contribution >= 0.6 is 23.5 Å². The summed E-state index contributed by atoms with van der Waals surface area (Å²) in [6.45, 7) is 0. The number of thioether (sulfide) groups is 2. The fraction of sp³-hybridized carbons (Fsp3) is 0.211. The molecule has 162 valence electrons. The molecule has 0 saturated heterocycles. The van der Waals surface area contributed by atoms with Crippen LogP contribution in [-0.2, 0) is 9.59 Å². The highest BCUT2D eigenvalue weighted by Gasteiger charge is 2.16. The summed E-state index contributed by atoms with van der Waals surface area (Å²) < 4.78 is 12.1. The monoisotopic (exact) mass is 460 g/mol. The molecule has 1 aromatic heterocycles. The van der Waals surface area contributed by atoms with Crippen molar-refractivity contribution in [2.45, 2.75) is 10.1 Å². The lowest BCUT2D eigenvalue weighted by Crippen LogP contribution is -2.16. The topological polar surface area (TPSA) is 134 Å². The SMILES string of the molecule is COc1ccc(OC)c(-n2nnnc2SCC(=O)Nc2ccccc2SCC(N)=O)c1. The van der Waals surface area contributed by atoms with Crippen molar-refractivity contribution in [2.24, 2.45) is 5.73 Å². The van der Waals surface area contributed by atoms with E-state index >= 15 is 0 Å². The molecule has 2 aromatic carbocycles. The van der Waals surface area contributed by atoms with Gasteiger partial charge >= 0.3 is 0 Å². The van der Waals surface area contributed by atoms with Crippen LogP contribution in [0.3, 0.4) is 0 Å². The molecule has 0 radical (unpaired) electrons. The number of hydrogen-bond donors (Lipinski definition) is 2. The van der Waals surface area contributed by atoms with Crippen LogP contribution in [0.1, 0.15) is 0 Å². The molecule has 3 N–H and O–H groups in total. The van der Waals surface area contributed by atoms with E-state index in [1.54, 1.807) is 44.6 Å². The average molecular weight is 461 g/mol. The standard InChI is InChI=1S/C19H20N6O4S2/c1-28-12-7-8-15(29-2)14(9-12)25-19(22-23-24-25)31-11-18(27)21-13-5-3-4-6-16(13)30-10-17(20)26/h3-9H,10-11H2,1-2H3,(H2,20,26)(H,21,27). The van der Waals surface area contributed by atoms with Gasteiger partial charge in [-0.1, -0.05) is 23.9 Å². The summed E-state index contributed by atoms with van der Waals surface area (Å²) in [6.07, 6.45) is 0. The van der Waals surface area contributed by atoms with Crippen LogP contribution in [0.15, 0.2) is 52.5 Å². The number of nitrogens with zero attached hydrogens (tertiary/aromatic N) is 4. The third-order valence-electron chi connectivity index (χ3n) is 3.92. The van der Waals surface area contributed by atoms with Gasteiger partial charge in [0, 0.05) is 11.0 Å². The van der Waals surface area contributed by atoms with Gasteiger partial charge in [-0.2, -0.15) is 4.68 Å². The number of carbonyl (C=O) groups is 2. The third kappa shape index (κ3) is 5.89. The predicted molar refractivity (Wildman–Crippen MR) is 118 cm³/mol. The maximum Gasteiger partial charge on any atom is 0.234 e. The van der Waals surface area contributed by atoms with Gasteiger partial charge in [0.15, 0.2) is 0 Å². The molecule has 10 nitrogen and oxygen atoms in total. The molecule has 3 aromatic rings. The fourth-order valence-electron chi connectivity index (χ4n) is 2.54. The van der Waals surface area contributed by atoms with Gasteiger partial charge in [-0.15, -0.1) is 16.9 Å². The van der Waals surface area contributed by atoms with Crippen molar-refractivity contribution in [2.75, 3.05) is 31.0 Å². The first-order valence-electron chi connectivity index (χ1n) is 8.95. The Morgan fingerprint density at radius 3 is 2.65 bits per heavy atom. The van der Waals surface area contributed by atoms with Crippen LogP contribution in [0.2, 0.25) is 0 Å². The lowest BCUT2D eigenvalue weighted by molar-refractivity contribution is -0.115. The first-order valence-corrected chi connectivity index (χ1v) is 10.9. The summed E-state index contributed by atoms with van der Waals surface area (Å²) in [5.74, 6) is 0.691. The molecule has 0 aliphatic heterocycles. The summed E-state index contributed by atoms with van der Waals surface area (Å²) in [4.78, 5) is 24.3. The van der Waals surface area contributed by atoms with E-state index in [9.17, 15) is 9.59 Å². The highest BCUT2D eigenvalue weighted by Crippen LogP contribution is 2.30. The number of para-hydroxylation sites is 1. The molecule has 0 aliphatic carbocycles. The second-order valence-electron chi connectivity index (χ2n) is 6.00. The number of benzene rings is 2. The van der Waals surface area contributed by atoms with Gasteiger partial charge in [0.2, 0.25) is 17.0 Å². The Morgan fingerprint density at radius 1 is 1.10 bits per heavy atom. The van der Waals surface area contributed by atoms with Crippen molar-refractivity contribution < 1.29 is 19.1 Å². The van der Waals surface area contributed by atoms with Crippen LogP contribution in [0.25, 0.3) is 5.69 Å². The zero-order chi connectivity index (χ0) is 22.2. The highest BCUT2D eigenvalue weighted by molar-refractivity contribution is 8.00. The second-order valence-corrected chi connectivity index (χ2v) is 7.96. The third-order valence-corrected chi connectivity index (χ3v) is 5.93. The highest BCUT2D eigenvalue weighted by atomic mass is 32.2. The number of tetrazole rings is 1. The molecule has 0 bridgehead atoms. The number of amides is 2. The van der Waals surface area contributed by atoms with Crippen LogP contribution < -0.4 is 20.5 Å². The normalized spacial score (nSPS) is 10.5. The van der Waals surface area contributed by atoms with E-state index in [4.69, 9.17) is 15.2 Å². The molecule has 31 heavy (non-hydrogen) atoms. The average Bonchev–Trinajstić information content (AvgIpc) is 3.25. The molecular formula is C19H20N6O4S2. The molecule has 12 heteroatoms. The maximum atomic E-state index is 12.5. The molecule has 3 rings (SSSR count). The summed E-state index contributed by atoms with van der Waals surface area (Å²) in [5, 5.41) is 15.0. The molecule has 0 atom stereocenters. The molecule has 0 spiro atoms. The van der Waals surface area contributed by atoms with E-state index in [1.165, 1.54) is 28.2 Å². The van der Waals surface area contributed by atoms with Crippen molar-refractivity contribution in [1.82, 2.24) is 20.2 Å². The Balaban J connectivity index is 1.70. The number of primary amides is 1. The number of nitrogens with one attached hydrogen (secondary N) is 1. The number of anilines is 1. The lowest BCUT2D eigenvalue weighted by Gasteiger charge is -2.12. The van der Waals surface area contributed by atoms with Gasteiger partial charge < -0.3 is 20.5 Å². The molecule has 0 fully saturated rings. The molecule has 0 saturated carbocycles.